The Kier molecular flexibility index (Phi) is 7.33. The number of nitrogens with one attached hydrogen (secondary N) is 1. The molecule has 0 aromatic heterocycles. The molecule has 2 aliphatic rings. The van der Waals surface area contributed by atoms with Crippen molar-refractivity contribution in [2.75, 3.05) is 49.5 Å². The largest absolute Gasteiger partial charge is 0.368 e. The van der Waals surface area contributed by atoms with E-state index >= 15 is 0 Å². The first kappa shape index (κ1) is 23.3. The van der Waals surface area contributed by atoms with Gasteiger partial charge in [-0.15, -0.1) is 0 Å². The van der Waals surface area contributed by atoms with Crippen LogP contribution in [0.5, 0.6) is 0 Å². The topological polar surface area (TPSA) is 55.9 Å². The number of carbonyl (C=O) groups is 2. The molecule has 0 bridgehead atoms. The van der Waals surface area contributed by atoms with E-state index in [0.29, 0.717) is 25.6 Å². The molecular weight excluding hydrogens is 412 g/mol. The summed E-state index contributed by atoms with van der Waals surface area (Å²) in [6, 6.07) is 15.1. The Morgan fingerprint density at radius 1 is 0.970 bits per heavy atom. The zero-order valence-corrected chi connectivity index (χ0v) is 20.1. The first-order chi connectivity index (χ1) is 15.9. The average Bonchev–Trinajstić information content (AvgIpc) is 3.64. The van der Waals surface area contributed by atoms with Crippen LogP contribution in [-0.2, 0) is 9.59 Å². The molecule has 0 atom stereocenters. The van der Waals surface area contributed by atoms with E-state index in [1.165, 1.54) is 11.3 Å². The second-order valence-electron chi connectivity index (χ2n) is 9.53. The van der Waals surface area contributed by atoms with Crippen LogP contribution < -0.4 is 10.2 Å². The van der Waals surface area contributed by atoms with Crippen molar-refractivity contribution in [2.45, 2.75) is 46.1 Å². The maximum absolute atomic E-state index is 12.9. The van der Waals surface area contributed by atoms with Crippen LogP contribution in [0.3, 0.4) is 0 Å². The van der Waals surface area contributed by atoms with E-state index in [4.69, 9.17) is 0 Å². The van der Waals surface area contributed by atoms with Crippen molar-refractivity contribution in [1.82, 2.24) is 9.80 Å². The Labute approximate surface area is 197 Å². The Bertz CT molecular complexity index is 993. The van der Waals surface area contributed by atoms with Crippen LogP contribution in [0.15, 0.2) is 42.5 Å². The number of aryl methyl sites for hydroxylation is 3. The van der Waals surface area contributed by atoms with E-state index < -0.39 is 0 Å². The molecule has 0 radical (unpaired) electrons. The minimum atomic E-state index is -0.00480. The molecule has 1 heterocycles. The summed E-state index contributed by atoms with van der Waals surface area (Å²) in [7, 11) is 0. The third-order valence-electron chi connectivity index (χ3n) is 6.69. The maximum atomic E-state index is 12.9. The molecule has 2 fully saturated rings. The third-order valence-corrected chi connectivity index (χ3v) is 6.69. The number of amides is 2. The fraction of sp³-hybridized carbons (Fsp3) is 0.481. The molecule has 1 saturated heterocycles. The van der Waals surface area contributed by atoms with Crippen molar-refractivity contribution in [3.8, 4) is 0 Å². The van der Waals surface area contributed by atoms with Crippen LogP contribution in [0.25, 0.3) is 0 Å². The number of hydrogen-bond donors (Lipinski definition) is 1. The van der Waals surface area contributed by atoms with Crippen LogP contribution >= 0.6 is 0 Å². The number of hydrogen-bond acceptors (Lipinski definition) is 4. The minimum absolute atomic E-state index is 0.00480. The van der Waals surface area contributed by atoms with Gasteiger partial charge >= 0.3 is 0 Å². The lowest BCUT2D eigenvalue weighted by Gasteiger charge is -2.36. The van der Waals surface area contributed by atoms with Crippen molar-refractivity contribution in [2.24, 2.45) is 0 Å². The molecule has 4 rings (SSSR count). The Balaban J connectivity index is 1.25. The van der Waals surface area contributed by atoms with Crippen molar-refractivity contribution >= 4 is 23.2 Å². The van der Waals surface area contributed by atoms with E-state index in [9.17, 15) is 9.59 Å². The van der Waals surface area contributed by atoms with Gasteiger partial charge in [0.25, 0.3) is 0 Å². The highest BCUT2D eigenvalue weighted by molar-refractivity contribution is 5.93. The molecule has 6 heteroatoms. The van der Waals surface area contributed by atoms with Gasteiger partial charge in [-0.25, -0.2) is 0 Å². The van der Waals surface area contributed by atoms with E-state index in [1.807, 2.05) is 36.9 Å². The summed E-state index contributed by atoms with van der Waals surface area (Å²) in [5, 5.41) is 3.06. The summed E-state index contributed by atoms with van der Waals surface area (Å²) < 4.78 is 0. The van der Waals surface area contributed by atoms with Crippen molar-refractivity contribution in [1.29, 1.82) is 0 Å². The van der Waals surface area contributed by atoms with Gasteiger partial charge in [-0.2, -0.15) is 0 Å². The number of carbonyl (C=O) groups excluding carboxylic acids is 2. The summed E-state index contributed by atoms with van der Waals surface area (Å²) >= 11 is 0. The van der Waals surface area contributed by atoms with Gasteiger partial charge in [-0.1, -0.05) is 24.3 Å². The van der Waals surface area contributed by atoms with Gasteiger partial charge < -0.3 is 15.1 Å². The zero-order chi connectivity index (χ0) is 23.4. The van der Waals surface area contributed by atoms with Crippen LogP contribution in [0.4, 0.5) is 11.4 Å². The van der Waals surface area contributed by atoms with Gasteiger partial charge in [0, 0.05) is 56.6 Å². The molecule has 1 aliphatic heterocycles. The Hall–Kier alpha value is -2.86. The van der Waals surface area contributed by atoms with Crippen LogP contribution in [0, 0.1) is 20.8 Å². The highest BCUT2D eigenvalue weighted by Crippen LogP contribution is 2.27. The first-order valence-electron chi connectivity index (χ1n) is 12.1. The highest BCUT2D eigenvalue weighted by atomic mass is 16.2. The molecule has 2 aromatic rings. The molecule has 0 unspecified atom stereocenters. The summed E-state index contributed by atoms with van der Waals surface area (Å²) in [4.78, 5) is 32.1. The molecule has 0 spiro atoms. The normalized spacial score (nSPS) is 16.2. The average molecular weight is 449 g/mol. The summed E-state index contributed by atoms with van der Waals surface area (Å²) in [6.45, 7) is 10.3. The van der Waals surface area contributed by atoms with Gasteiger partial charge in [0.1, 0.15) is 0 Å². The quantitative estimate of drug-likeness (QED) is 0.668. The number of nitrogens with zero attached hydrogens (tertiary/aromatic N) is 3. The monoisotopic (exact) mass is 448 g/mol. The lowest BCUT2D eigenvalue weighted by molar-refractivity contribution is -0.132. The molecular formula is C27H36N4O2. The molecule has 33 heavy (non-hydrogen) atoms. The molecule has 1 aliphatic carbocycles. The Morgan fingerprint density at radius 2 is 1.70 bits per heavy atom. The predicted octanol–water partition coefficient (Wildman–Crippen LogP) is 3.75. The smallest absolute Gasteiger partial charge is 0.238 e. The Morgan fingerprint density at radius 3 is 2.39 bits per heavy atom. The maximum Gasteiger partial charge on any atom is 0.238 e. The standard InChI is InChI=1S/C27H36N4O2/c1-20-5-4-6-24(17-20)29-13-15-30(16-14-29)27(33)11-12-31(23-9-10-23)19-26(32)28-25-18-21(2)7-8-22(25)3/h4-8,17-18,23H,9-16,19H2,1-3H3,(H,28,32). The van der Waals surface area contributed by atoms with Crippen molar-refractivity contribution in [3.63, 3.8) is 0 Å². The molecule has 6 nitrogen and oxygen atoms in total. The van der Waals surface area contributed by atoms with E-state index in [2.05, 4.69) is 46.3 Å². The van der Waals surface area contributed by atoms with Crippen molar-refractivity contribution < 1.29 is 9.59 Å². The lowest BCUT2D eigenvalue weighted by Crippen LogP contribution is -2.49. The third kappa shape index (κ3) is 6.35. The first-order valence-corrected chi connectivity index (χ1v) is 12.1. The number of benzene rings is 2. The van der Waals surface area contributed by atoms with Gasteiger partial charge in [0.2, 0.25) is 11.8 Å². The van der Waals surface area contributed by atoms with E-state index in [0.717, 1.165) is 55.8 Å². The molecule has 2 amide bonds. The molecule has 1 N–H and O–H groups in total. The zero-order valence-electron chi connectivity index (χ0n) is 20.1. The van der Waals surface area contributed by atoms with E-state index in [-0.39, 0.29) is 11.8 Å². The SMILES string of the molecule is Cc1cccc(N2CCN(C(=O)CCN(CC(=O)Nc3cc(C)ccc3C)C3CC3)CC2)c1. The minimum Gasteiger partial charge on any atom is -0.368 e. The number of anilines is 2. The fourth-order valence-corrected chi connectivity index (χ4v) is 4.51. The highest BCUT2D eigenvalue weighted by Gasteiger charge is 2.31. The van der Waals surface area contributed by atoms with E-state index in [1.54, 1.807) is 0 Å². The van der Waals surface area contributed by atoms with Gasteiger partial charge in [-0.05, 0) is 68.5 Å². The van der Waals surface area contributed by atoms with Gasteiger partial charge in [-0.3, -0.25) is 14.5 Å². The second-order valence-corrected chi connectivity index (χ2v) is 9.53. The summed E-state index contributed by atoms with van der Waals surface area (Å²) in [5.41, 5.74) is 5.55. The number of piperazine rings is 1. The molecule has 176 valence electrons. The van der Waals surface area contributed by atoms with Gasteiger partial charge in [0.05, 0.1) is 6.54 Å². The van der Waals surface area contributed by atoms with Crippen LogP contribution in [0.1, 0.15) is 36.0 Å². The number of rotatable bonds is 8. The van der Waals surface area contributed by atoms with Crippen LogP contribution in [0.2, 0.25) is 0 Å². The fourth-order valence-electron chi connectivity index (χ4n) is 4.51. The molecule has 2 aromatic carbocycles. The lowest BCUT2D eigenvalue weighted by atomic mass is 10.1. The van der Waals surface area contributed by atoms with Crippen molar-refractivity contribution in [3.05, 3.63) is 59.2 Å². The predicted molar refractivity (Wildman–Crippen MR) is 134 cm³/mol. The summed E-state index contributed by atoms with van der Waals surface area (Å²) in [5.74, 6) is 0.189. The van der Waals surface area contributed by atoms with Crippen LogP contribution in [-0.4, -0.2) is 66.9 Å². The molecule has 1 saturated carbocycles. The van der Waals surface area contributed by atoms with Gasteiger partial charge in [0.15, 0.2) is 0 Å². The summed E-state index contributed by atoms with van der Waals surface area (Å²) in [6.07, 6.45) is 2.69. The second kappa shape index (κ2) is 10.4.